The fourth-order valence-electron chi connectivity index (χ4n) is 3.53. The van der Waals surface area contributed by atoms with Gasteiger partial charge in [0.05, 0.1) is 17.2 Å². The number of benzene rings is 1. The van der Waals surface area contributed by atoms with Crippen LogP contribution in [-0.2, 0) is 4.43 Å². The Morgan fingerprint density at radius 1 is 0.818 bits per heavy atom. The highest BCUT2D eigenvalue weighted by molar-refractivity contribution is 6.71. The van der Waals surface area contributed by atoms with Crippen molar-refractivity contribution in [1.82, 2.24) is 0 Å². The molecule has 0 N–H and O–H groups in total. The van der Waals surface area contributed by atoms with E-state index in [9.17, 15) is 9.59 Å². The molecule has 0 aromatic heterocycles. The molecule has 1 atom stereocenters. The third-order valence-electron chi connectivity index (χ3n) is 4.57. The zero-order valence-electron chi connectivity index (χ0n) is 22.1. The standard InChI is InChI=1S/C25H40O5Si3/c1-17(2)12-13-20(28-31(3,4)5)18-16-19(26)23-21(29-32(6,7)8)14-15-22(24(23)25(18)27)30-33(9,10)11/h12,14-16,20H,13H2,1-11H3. The summed E-state index contributed by atoms with van der Waals surface area (Å²) >= 11 is 0. The Balaban J connectivity index is 2.69. The number of carbonyl (C=O) groups excluding carboxylic acids is 2. The topological polar surface area (TPSA) is 61.8 Å². The van der Waals surface area contributed by atoms with E-state index in [0.29, 0.717) is 34.6 Å². The van der Waals surface area contributed by atoms with Crippen LogP contribution in [0.5, 0.6) is 11.5 Å². The normalized spacial score (nSPS) is 15.5. The second kappa shape index (κ2) is 9.85. The van der Waals surface area contributed by atoms with Gasteiger partial charge in [0.1, 0.15) is 11.5 Å². The molecule has 0 saturated carbocycles. The quantitative estimate of drug-likeness (QED) is 0.268. The zero-order chi connectivity index (χ0) is 25.4. The Morgan fingerprint density at radius 3 is 1.73 bits per heavy atom. The molecule has 0 bridgehead atoms. The number of fused-ring (bicyclic) bond motifs is 1. The Kier molecular flexibility index (Phi) is 8.21. The summed E-state index contributed by atoms with van der Waals surface area (Å²) < 4.78 is 18.9. The van der Waals surface area contributed by atoms with Crippen LogP contribution < -0.4 is 8.85 Å². The number of Topliss-reactive ketones (excluding diaryl/α,β-unsaturated/α-hetero) is 1. The first-order valence-electron chi connectivity index (χ1n) is 11.5. The van der Waals surface area contributed by atoms with Crippen LogP contribution in [0.15, 0.2) is 35.4 Å². The van der Waals surface area contributed by atoms with Crippen molar-refractivity contribution in [2.75, 3.05) is 0 Å². The third-order valence-corrected chi connectivity index (χ3v) is 7.22. The summed E-state index contributed by atoms with van der Waals surface area (Å²) in [5.74, 6) is 0.497. The van der Waals surface area contributed by atoms with Crippen molar-refractivity contribution < 1.29 is 22.9 Å². The minimum Gasteiger partial charge on any atom is -0.544 e. The van der Waals surface area contributed by atoms with Crippen LogP contribution in [0.25, 0.3) is 0 Å². The van der Waals surface area contributed by atoms with Crippen molar-refractivity contribution in [3.05, 3.63) is 46.6 Å². The van der Waals surface area contributed by atoms with E-state index in [1.54, 1.807) is 12.1 Å². The maximum absolute atomic E-state index is 13.9. The highest BCUT2D eigenvalue weighted by Crippen LogP contribution is 2.39. The summed E-state index contributed by atoms with van der Waals surface area (Å²) in [6, 6.07) is 3.56. The molecule has 0 saturated heterocycles. The molecule has 0 fully saturated rings. The summed E-state index contributed by atoms with van der Waals surface area (Å²) in [4.78, 5) is 27.4. The number of allylic oxidation sites excluding steroid dienone is 2. The molecule has 0 radical (unpaired) electrons. The summed E-state index contributed by atoms with van der Waals surface area (Å²) in [6.07, 6.45) is 3.59. The van der Waals surface area contributed by atoms with Gasteiger partial charge in [-0.3, -0.25) is 9.59 Å². The average molecular weight is 505 g/mol. The molecule has 1 aromatic carbocycles. The predicted octanol–water partition coefficient (Wildman–Crippen LogP) is 7.00. The molecule has 0 amide bonds. The van der Waals surface area contributed by atoms with Crippen molar-refractivity contribution >= 4 is 36.5 Å². The van der Waals surface area contributed by atoms with E-state index in [-0.39, 0.29) is 11.6 Å². The van der Waals surface area contributed by atoms with E-state index in [0.717, 1.165) is 5.57 Å². The molecule has 1 aliphatic rings. The van der Waals surface area contributed by atoms with Gasteiger partial charge in [0.2, 0.25) is 16.6 Å². The second-order valence-electron chi connectivity index (χ2n) is 11.8. The largest absolute Gasteiger partial charge is 0.544 e. The Labute approximate surface area is 202 Å². The van der Waals surface area contributed by atoms with Gasteiger partial charge in [-0.05, 0) is 97.4 Å². The first-order valence-corrected chi connectivity index (χ1v) is 21.8. The van der Waals surface area contributed by atoms with Gasteiger partial charge in [-0.25, -0.2) is 0 Å². The van der Waals surface area contributed by atoms with E-state index in [4.69, 9.17) is 13.3 Å². The number of ketones is 2. The van der Waals surface area contributed by atoms with Crippen molar-refractivity contribution in [1.29, 1.82) is 0 Å². The summed E-state index contributed by atoms with van der Waals surface area (Å²) in [5, 5.41) is 0. The zero-order valence-corrected chi connectivity index (χ0v) is 25.1. The van der Waals surface area contributed by atoms with E-state index in [1.807, 2.05) is 13.8 Å². The van der Waals surface area contributed by atoms with Crippen LogP contribution in [0.4, 0.5) is 0 Å². The highest BCUT2D eigenvalue weighted by Gasteiger charge is 2.38. The smallest absolute Gasteiger partial charge is 0.242 e. The van der Waals surface area contributed by atoms with Gasteiger partial charge in [0, 0.05) is 5.57 Å². The van der Waals surface area contributed by atoms with Crippen LogP contribution >= 0.6 is 0 Å². The second-order valence-corrected chi connectivity index (χ2v) is 25.1. The monoisotopic (exact) mass is 504 g/mol. The lowest BCUT2D eigenvalue weighted by Crippen LogP contribution is -2.37. The lowest BCUT2D eigenvalue weighted by Gasteiger charge is -2.31. The number of hydrogen-bond acceptors (Lipinski definition) is 5. The molecule has 182 valence electrons. The fraction of sp³-hybridized carbons (Fsp3) is 0.520. The molecule has 0 spiro atoms. The first-order chi connectivity index (χ1) is 14.9. The van der Waals surface area contributed by atoms with Crippen LogP contribution in [0, 0.1) is 0 Å². The maximum atomic E-state index is 13.9. The predicted molar refractivity (Wildman–Crippen MR) is 143 cm³/mol. The van der Waals surface area contributed by atoms with Crippen molar-refractivity contribution in [2.24, 2.45) is 0 Å². The molecule has 1 aliphatic carbocycles. The molecular weight excluding hydrogens is 465 g/mol. The molecule has 0 heterocycles. The lowest BCUT2D eigenvalue weighted by atomic mass is 9.85. The third kappa shape index (κ3) is 7.91. The maximum Gasteiger partial charge on any atom is 0.242 e. The molecule has 1 aromatic rings. The van der Waals surface area contributed by atoms with Gasteiger partial charge < -0.3 is 13.3 Å². The van der Waals surface area contributed by atoms with Crippen molar-refractivity contribution in [3.63, 3.8) is 0 Å². The van der Waals surface area contributed by atoms with Gasteiger partial charge in [-0.1, -0.05) is 11.6 Å². The summed E-state index contributed by atoms with van der Waals surface area (Å²) in [5.41, 5.74) is 2.18. The van der Waals surface area contributed by atoms with Crippen LogP contribution in [0.1, 0.15) is 41.0 Å². The number of carbonyl (C=O) groups is 2. The average Bonchev–Trinajstić information content (AvgIpc) is 2.59. The van der Waals surface area contributed by atoms with Gasteiger partial charge in [-0.2, -0.15) is 0 Å². The van der Waals surface area contributed by atoms with Gasteiger partial charge in [-0.15, -0.1) is 0 Å². The minimum absolute atomic E-state index is 0.204. The van der Waals surface area contributed by atoms with E-state index in [1.165, 1.54) is 6.08 Å². The SMILES string of the molecule is CC(C)=CCC(O[Si](C)(C)C)C1=CC(=O)c2c(O[Si](C)(C)C)ccc(O[Si](C)(C)C)c2C1=O. The van der Waals surface area contributed by atoms with Crippen molar-refractivity contribution in [2.45, 2.75) is 85.3 Å². The highest BCUT2D eigenvalue weighted by atomic mass is 28.4. The molecule has 0 aliphatic heterocycles. The molecule has 2 rings (SSSR count). The molecule has 5 nitrogen and oxygen atoms in total. The Morgan fingerprint density at radius 2 is 1.30 bits per heavy atom. The minimum atomic E-state index is -2.04. The first kappa shape index (κ1) is 27.5. The number of rotatable bonds is 9. The number of hydrogen-bond donors (Lipinski definition) is 0. The molecule has 8 heteroatoms. The molecule has 33 heavy (non-hydrogen) atoms. The van der Waals surface area contributed by atoms with Crippen molar-refractivity contribution in [3.8, 4) is 11.5 Å². The van der Waals surface area contributed by atoms with Crippen LogP contribution in [0.3, 0.4) is 0 Å². The summed E-state index contributed by atoms with van der Waals surface area (Å²) in [7, 11) is -6.04. The molecule has 1 unspecified atom stereocenters. The van der Waals surface area contributed by atoms with E-state index in [2.05, 4.69) is 65.0 Å². The Bertz CT molecular complexity index is 985. The molecular formula is C25H40O5Si3. The Hall–Kier alpha value is -1.75. The summed E-state index contributed by atoms with van der Waals surface area (Å²) in [6.45, 7) is 22.6. The lowest BCUT2D eigenvalue weighted by molar-refractivity contribution is 0.0951. The van der Waals surface area contributed by atoms with Gasteiger partial charge in [0.25, 0.3) is 0 Å². The van der Waals surface area contributed by atoms with Crippen LogP contribution in [-0.4, -0.2) is 42.6 Å². The van der Waals surface area contributed by atoms with Gasteiger partial charge >= 0.3 is 0 Å². The fourth-order valence-corrected chi connectivity index (χ4v) is 6.27. The van der Waals surface area contributed by atoms with Gasteiger partial charge in [0.15, 0.2) is 19.9 Å². The van der Waals surface area contributed by atoms with E-state index >= 15 is 0 Å². The van der Waals surface area contributed by atoms with E-state index < -0.39 is 31.1 Å². The van der Waals surface area contributed by atoms with Crippen LogP contribution in [0.2, 0.25) is 58.9 Å².